The maximum Gasteiger partial charge on any atom is 0.0449 e. The van der Waals surface area contributed by atoms with Crippen molar-refractivity contribution in [1.29, 1.82) is 0 Å². The van der Waals surface area contributed by atoms with Crippen LogP contribution in [0, 0.1) is 19.8 Å². The van der Waals surface area contributed by atoms with E-state index in [1.54, 1.807) is 0 Å². The molecule has 1 aromatic carbocycles. The first-order valence-electron chi connectivity index (χ1n) is 8.52. The van der Waals surface area contributed by atoms with Crippen LogP contribution in [0.2, 0.25) is 0 Å². The Balaban J connectivity index is 2.81. The van der Waals surface area contributed by atoms with Gasteiger partial charge >= 0.3 is 0 Å². The molecule has 1 unspecified atom stereocenters. The van der Waals surface area contributed by atoms with Gasteiger partial charge in [0.05, 0.1) is 0 Å². The van der Waals surface area contributed by atoms with Crippen LogP contribution in [-0.4, -0.2) is 31.6 Å². The lowest BCUT2D eigenvalue weighted by Gasteiger charge is -2.30. The maximum absolute atomic E-state index is 3.52. The summed E-state index contributed by atoms with van der Waals surface area (Å²) >= 11 is 0. The fraction of sp³-hybridized carbons (Fsp3) is 0.684. The quantitative estimate of drug-likeness (QED) is 0.728. The van der Waals surface area contributed by atoms with Gasteiger partial charge in [0.25, 0.3) is 0 Å². The van der Waals surface area contributed by atoms with Crippen molar-refractivity contribution in [1.82, 2.24) is 10.2 Å². The number of nitrogens with zero attached hydrogens (tertiary/aromatic N) is 1. The van der Waals surface area contributed by atoms with Crippen LogP contribution >= 0.6 is 0 Å². The Bertz CT molecular complexity index is 410. The minimum atomic E-state index is 0.416. The van der Waals surface area contributed by atoms with E-state index in [1.165, 1.54) is 36.1 Å². The smallest absolute Gasteiger partial charge is 0.0449 e. The molecule has 1 rings (SSSR count). The molecule has 1 atom stereocenters. The maximum atomic E-state index is 3.52. The Kier molecular flexibility index (Phi) is 7.98. The van der Waals surface area contributed by atoms with Gasteiger partial charge in [0.1, 0.15) is 0 Å². The van der Waals surface area contributed by atoms with Gasteiger partial charge in [0.2, 0.25) is 0 Å². The minimum absolute atomic E-state index is 0.416. The second-order valence-electron chi connectivity index (χ2n) is 6.24. The standard InChI is InChI=1S/C19H34N2/c1-7-17(8-2)13-21(9-3)14-19(20-6)18-12-15(4)10-11-16(18)5/h10-12,17,19-20H,7-9,13-14H2,1-6H3. The molecule has 120 valence electrons. The fourth-order valence-corrected chi connectivity index (χ4v) is 2.98. The van der Waals surface area contributed by atoms with Crippen LogP contribution in [0.5, 0.6) is 0 Å². The van der Waals surface area contributed by atoms with E-state index in [0.29, 0.717) is 6.04 Å². The summed E-state index contributed by atoms with van der Waals surface area (Å²) in [5, 5.41) is 3.52. The Morgan fingerprint density at radius 2 is 1.71 bits per heavy atom. The highest BCUT2D eigenvalue weighted by atomic mass is 15.1. The van der Waals surface area contributed by atoms with E-state index in [1.807, 2.05) is 0 Å². The van der Waals surface area contributed by atoms with Crippen LogP contribution in [0.3, 0.4) is 0 Å². The van der Waals surface area contributed by atoms with Gasteiger partial charge in [-0.15, -0.1) is 0 Å². The highest BCUT2D eigenvalue weighted by Gasteiger charge is 2.17. The normalized spacial score (nSPS) is 13.1. The molecule has 0 spiro atoms. The van der Waals surface area contributed by atoms with Crippen molar-refractivity contribution in [3.8, 4) is 0 Å². The topological polar surface area (TPSA) is 15.3 Å². The number of hydrogen-bond donors (Lipinski definition) is 1. The molecule has 21 heavy (non-hydrogen) atoms. The van der Waals surface area contributed by atoms with Crippen molar-refractivity contribution in [3.63, 3.8) is 0 Å². The third-order valence-corrected chi connectivity index (χ3v) is 4.72. The van der Waals surface area contributed by atoms with Gasteiger partial charge in [0.15, 0.2) is 0 Å². The van der Waals surface area contributed by atoms with E-state index in [2.05, 4.69) is 70.1 Å². The first kappa shape index (κ1) is 18.2. The molecule has 0 aromatic heterocycles. The number of hydrogen-bond acceptors (Lipinski definition) is 2. The van der Waals surface area contributed by atoms with Crippen molar-refractivity contribution in [3.05, 3.63) is 34.9 Å². The summed E-state index contributed by atoms with van der Waals surface area (Å²) in [7, 11) is 2.08. The molecule has 0 amide bonds. The van der Waals surface area contributed by atoms with Gasteiger partial charge < -0.3 is 10.2 Å². The van der Waals surface area contributed by atoms with Crippen LogP contribution in [0.4, 0.5) is 0 Å². The summed E-state index contributed by atoms with van der Waals surface area (Å²) in [5.41, 5.74) is 4.18. The predicted molar refractivity (Wildman–Crippen MR) is 93.9 cm³/mol. The second-order valence-corrected chi connectivity index (χ2v) is 6.24. The summed E-state index contributed by atoms with van der Waals surface area (Å²) < 4.78 is 0. The molecule has 0 radical (unpaired) electrons. The Hall–Kier alpha value is -0.860. The van der Waals surface area contributed by atoms with Crippen molar-refractivity contribution in [2.24, 2.45) is 5.92 Å². The van der Waals surface area contributed by atoms with E-state index in [4.69, 9.17) is 0 Å². The van der Waals surface area contributed by atoms with Crippen molar-refractivity contribution < 1.29 is 0 Å². The molecule has 0 aliphatic carbocycles. The molecular formula is C19H34N2. The molecule has 0 aliphatic rings. The van der Waals surface area contributed by atoms with Crippen molar-refractivity contribution >= 4 is 0 Å². The van der Waals surface area contributed by atoms with E-state index >= 15 is 0 Å². The number of nitrogens with one attached hydrogen (secondary N) is 1. The highest BCUT2D eigenvalue weighted by Crippen LogP contribution is 2.21. The van der Waals surface area contributed by atoms with Gasteiger partial charge in [-0.2, -0.15) is 0 Å². The molecule has 0 saturated heterocycles. The van der Waals surface area contributed by atoms with E-state index in [9.17, 15) is 0 Å². The van der Waals surface area contributed by atoms with Crippen LogP contribution in [0.25, 0.3) is 0 Å². The largest absolute Gasteiger partial charge is 0.312 e. The fourth-order valence-electron chi connectivity index (χ4n) is 2.98. The number of benzene rings is 1. The first-order chi connectivity index (χ1) is 10.0. The lowest BCUT2D eigenvalue weighted by Crippen LogP contribution is -2.37. The lowest BCUT2D eigenvalue weighted by molar-refractivity contribution is 0.213. The molecule has 0 fully saturated rings. The predicted octanol–water partition coefficient (Wildman–Crippen LogP) is 4.32. The van der Waals surface area contributed by atoms with Crippen LogP contribution in [0.1, 0.15) is 56.3 Å². The van der Waals surface area contributed by atoms with Crippen molar-refractivity contribution in [2.45, 2.75) is 53.5 Å². The van der Waals surface area contributed by atoms with Gasteiger partial charge in [-0.1, -0.05) is 57.4 Å². The average Bonchev–Trinajstić information content (AvgIpc) is 2.50. The Morgan fingerprint density at radius 3 is 2.24 bits per heavy atom. The summed E-state index contributed by atoms with van der Waals surface area (Å²) in [4.78, 5) is 2.60. The van der Waals surface area contributed by atoms with Crippen LogP contribution in [0.15, 0.2) is 18.2 Å². The van der Waals surface area contributed by atoms with Crippen LogP contribution < -0.4 is 5.32 Å². The monoisotopic (exact) mass is 290 g/mol. The summed E-state index contributed by atoms with van der Waals surface area (Å²) in [6, 6.07) is 7.19. The third kappa shape index (κ3) is 5.44. The minimum Gasteiger partial charge on any atom is -0.312 e. The molecule has 0 bridgehead atoms. The first-order valence-corrected chi connectivity index (χ1v) is 8.52. The molecule has 1 N–H and O–H groups in total. The summed E-state index contributed by atoms with van der Waals surface area (Å²) in [5.74, 6) is 0.820. The van der Waals surface area contributed by atoms with E-state index in [-0.39, 0.29) is 0 Å². The highest BCUT2D eigenvalue weighted by molar-refractivity contribution is 5.33. The zero-order chi connectivity index (χ0) is 15.8. The second kappa shape index (κ2) is 9.22. The molecule has 0 aliphatic heterocycles. The van der Waals surface area contributed by atoms with E-state index < -0.39 is 0 Å². The zero-order valence-corrected chi connectivity index (χ0v) is 14.9. The van der Waals surface area contributed by atoms with E-state index in [0.717, 1.165) is 19.0 Å². The number of rotatable bonds is 9. The lowest BCUT2D eigenvalue weighted by atomic mass is 9.97. The molecule has 0 heterocycles. The van der Waals surface area contributed by atoms with Crippen molar-refractivity contribution in [2.75, 3.05) is 26.7 Å². The van der Waals surface area contributed by atoms with Gasteiger partial charge in [-0.3, -0.25) is 0 Å². The van der Waals surface area contributed by atoms with Gasteiger partial charge in [0, 0.05) is 19.1 Å². The molecule has 2 nitrogen and oxygen atoms in total. The number of likely N-dealkylation sites (N-methyl/N-ethyl adjacent to an activating group) is 2. The van der Waals surface area contributed by atoms with Gasteiger partial charge in [-0.25, -0.2) is 0 Å². The SMILES string of the molecule is CCC(CC)CN(CC)CC(NC)c1cc(C)ccc1C. The van der Waals surface area contributed by atoms with Gasteiger partial charge in [-0.05, 0) is 44.5 Å². The average molecular weight is 290 g/mol. The summed E-state index contributed by atoms with van der Waals surface area (Å²) in [6.45, 7) is 14.7. The number of aryl methyl sites for hydroxylation is 2. The molecular weight excluding hydrogens is 256 g/mol. The Morgan fingerprint density at radius 1 is 1.05 bits per heavy atom. The summed E-state index contributed by atoms with van der Waals surface area (Å²) in [6.07, 6.45) is 2.56. The molecule has 2 heteroatoms. The Labute approximate surface area is 131 Å². The molecule has 0 saturated carbocycles. The zero-order valence-electron chi connectivity index (χ0n) is 14.9. The van der Waals surface area contributed by atoms with Crippen LogP contribution in [-0.2, 0) is 0 Å². The third-order valence-electron chi connectivity index (χ3n) is 4.72. The molecule has 1 aromatic rings.